The number of thiocarbonyl (C=S) groups is 1. The molecule has 26 heavy (non-hydrogen) atoms. The minimum absolute atomic E-state index is 0.440. The molecule has 3 aromatic rings. The molecule has 0 atom stereocenters. The van der Waals surface area contributed by atoms with Crippen molar-refractivity contribution >= 4 is 63.6 Å². The summed E-state index contributed by atoms with van der Waals surface area (Å²) in [4.78, 5) is 0. The lowest BCUT2D eigenvalue weighted by molar-refractivity contribution is 0.690. The standard InChI is InChI=1S/C18H15Cl3N4S/c1-11-13(19)3-2-4-16(11)22-18(26)23-17-7-8-25(24-17)10-12-5-6-14(20)15(21)9-12/h2-9H,10H2,1H3,(H2,22,23,24,26). The van der Waals surface area contributed by atoms with Crippen molar-refractivity contribution in [2.75, 3.05) is 10.6 Å². The largest absolute Gasteiger partial charge is 0.332 e. The van der Waals surface area contributed by atoms with Crippen LogP contribution in [0.2, 0.25) is 15.1 Å². The summed E-state index contributed by atoms with van der Waals surface area (Å²) in [6, 6.07) is 13.0. The third-order valence-electron chi connectivity index (χ3n) is 3.73. The lowest BCUT2D eigenvalue weighted by Gasteiger charge is -2.12. The van der Waals surface area contributed by atoms with Gasteiger partial charge in [-0.2, -0.15) is 5.10 Å². The van der Waals surface area contributed by atoms with Gasteiger partial charge in [-0.3, -0.25) is 4.68 Å². The maximum absolute atomic E-state index is 6.12. The fraction of sp³-hybridized carbons (Fsp3) is 0.111. The van der Waals surface area contributed by atoms with Crippen molar-refractivity contribution in [2.45, 2.75) is 13.5 Å². The third kappa shape index (κ3) is 4.68. The van der Waals surface area contributed by atoms with Crippen molar-refractivity contribution in [3.63, 3.8) is 0 Å². The minimum Gasteiger partial charge on any atom is -0.332 e. The Labute approximate surface area is 172 Å². The molecule has 8 heteroatoms. The number of hydrogen-bond donors (Lipinski definition) is 2. The second kappa shape index (κ2) is 8.27. The van der Waals surface area contributed by atoms with E-state index in [0.717, 1.165) is 16.8 Å². The van der Waals surface area contributed by atoms with Crippen LogP contribution in [-0.2, 0) is 6.54 Å². The van der Waals surface area contributed by atoms with Crippen molar-refractivity contribution in [3.8, 4) is 0 Å². The number of hydrogen-bond acceptors (Lipinski definition) is 2. The molecule has 1 heterocycles. The summed E-state index contributed by atoms with van der Waals surface area (Å²) in [6.45, 7) is 2.51. The molecular weight excluding hydrogens is 411 g/mol. The topological polar surface area (TPSA) is 41.9 Å². The Balaban J connectivity index is 1.63. The molecule has 0 aliphatic heterocycles. The molecule has 0 amide bonds. The zero-order valence-corrected chi connectivity index (χ0v) is 16.8. The molecule has 1 aromatic heterocycles. The van der Waals surface area contributed by atoms with Gasteiger partial charge in [0.2, 0.25) is 0 Å². The van der Waals surface area contributed by atoms with E-state index in [-0.39, 0.29) is 0 Å². The van der Waals surface area contributed by atoms with E-state index in [2.05, 4.69) is 15.7 Å². The van der Waals surface area contributed by atoms with Crippen molar-refractivity contribution in [1.82, 2.24) is 9.78 Å². The molecule has 0 saturated carbocycles. The molecule has 0 aliphatic rings. The van der Waals surface area contributed by atoms with Gasteiger partial charge < -0.3 is 10.6 Å². The molecule has 0 saturated heterocycles. The molecule has 0 radical (unpaired) electrons. The van der Waals surface area contributed by atoms with E-state index in [0.29, 0.717) is 32.5 Å². The molecule has 0 spiro atoms. The molecule has 134 valence electrons. The Morgan fingerprint density at radius 2 is 1.85 bits per heavy atom. The molecule has 0 bridgehead atoms. The van der Waals surface area contributed by atoms with Crippen molar-refractivity contribution in [3.05, 3.63) is 74.9 Å². The van der Waals surface area contributed by atoms with Crippen LogP contribution in [0.4, 0.5) is 11.5 Å². The number of anilines is 2. The van der Waals surface area contributed by atoms with Gasteiger partial charge in [0, 0.05) is 23.0 Å². The summed E-state index contributed by atoms with van der Waals surface area (Å²) in [7, 11) is 0. The lowest BCUT2D eigenvalue weighted by Crippen LogP contribution is -2.20. The molecule has 0 aliphatic carbocycles. The SMILES string of the molecule is Cc1c(Cl)cccc1NC(=S)Nc1ccn(Cc2ccc(Cl)c(Cl)c2)n1. The average Bonchev–Trinajstić information content (AvgIpc) is 3.02. The highest BCUT2D eigenvalue weighted by molar-refractivity contribution is 7.80. The van der Waals surface area contributed by atoms with E-state index in [1.165, 1.54) is 0 Å². The quantitative estimate of drug-likeness (QED) is 0.502. The number of rotatable bonds is 4. The van der Waals surface area contributed by atoms with E-state index in [1.54, 1.807) is 10.7 Å². The zero-order valence-electron chi connectivity index (χ0n) is 13.8. The molecule has 4 nitrogen and oxygen atoms in total. The Hall–Kier alpha value is -1.79. The van der Waals surface area contributed by atoms with Gasteiger partial charge in [0.15, 0.2) is 10.9 Å². The summed E-state index contributed by atoms with van der Waals surface area (Å²) in [6.07, 6.45) is 1.86. The van der Waals surface area contributed by atoms with Gasteiger partial charge in [0.05, 0.1) is 16.6 Å². The van der Waals surface area contributed by atoms with Crippen molar-refractivity contribution < 1.29 is 0 Å². The molecule has 2 N–H and O–H groups in total. The van der Waals surface area contributed by atoms with Gasteiger partial charge in [-0.05, 0) is 54.5 Å². The fourth-order valence-electron chi connectivity index (χ4n) is 2.35. The van der Waals surface area contributed by atoms with Gasteiger partial charge in [-0.25, -0.2) is 0 Å². The Bertz CT molecular complexity index is 955. The van der Waals surface area contributed by atoms with Gasteiger partial charge in [0.25, 0.3) is 0 Å². The first kappa shape index (κ1) is 19.0. The monoisotopic (exact) mass is 424 g/mol. The number of nitrogens with zero attached hydrogens (tertiary/aromatic N) is 2. The number of aromatic nitrogens is 2. The predicted molar refractivity (Wildman–Crippen MR) is 114 cm³/mol. The number of nitrogens with one attached hydrogen (secondary N) is 2. The second-order valence-corrected chi connectivity index (χ2v) is 7.27. The van der Waals surface area contributed by atoms with E-state index < -0.39 is 0 Å². The van der Waals surface area contributed by atoms with Crippen LogP contribution in [0.5, 0.6) is 0 Å². The summed E-state index contributed by atoms with van der Waals surface area (Å²) < 4.78 is 1.79. The Morgan fingerprint density at radius 3 is 2.62 bits per heavy atom. The maximum Gasteiger partial charge on any atom is 0.176 e. The molecular formula is C18H15Cl3N4S. The zero-order chi connectivity index (χ0) is 18.7. The number of benzene rings is 2. The first-order valence-electron chi connectivity index (χ1n) is 7.73. The van der Waals surface area contributed by atoms with Gasteiger partial charge in [-0.1, -0.05) is 46.9 Å². The Morgan fingerprint density at radius 1 is 1.04 bits per heavy atom. The molecule has 0 unspecified atom stereocenters. The van der Waals surface area contributed by atoms with Crippen LogP contribution in [0.3, 0.4) is 0 Å². The normalized spacial score (nSPS) is 10.6. The van der Waals surface area contributed by atoms with Crippen LogP contribution < -0.4 is 10.6 Å². The van der Waals surface area contributed by atoms with E-state index >= 15 is 0 Å². The minimum atomic E-state index is 0.440. The third-order valence-corrected chi connectivity index (χ3v) is 5.08. The van der Waals surface area contributed by atoms with Gasteiger partial charge >= 0.3 is 0 Å². The highest BCUT2D eigenvalue weighted by Crippen LogP contribution is 2.24. The molecule has 3 rings (SSSR count). The first-order valence-corrected chi connectivity index (χ1v) is 9.27. The van der Waals surface area contributed by atoms with Gasteiger partial charge in [-0.15, -0.1) is 0 Å². The summed E-state index contributed by atoms with van der Waals surface area (Å²) in [5.74, 6) is 0.641. The highest BCUT2D eigenvalue weighted by atomic mass is 35.5. The summed E-state index contributed by atoms with van der Waals surface area (Å²) >= 11 is 23.5. The van der Waals surface area contributed by atoms with Crippen molar-refractivity contribution in [2.24, 2.45) is 0 Å². The number of halogens is 3. The highest BCUT2D eigenvalue weighted by Gasteiger charge is 2.07. The Kier molecular flexibility index (Phi) is 6.04. The van der Waals surface area contributed by atoms with E-state index in [9.17, 15) is 0 Å². The van der Waals surface area contributed by atoms with Crippen LogP contribution in [0.15, 0.2) is 48.7 Å². The summed E-state index contributed by atoms with van der Waals surface area (Å²) in [5.41, 5.74) is 2.79. The first-order chi connectivity index (χ1) is 12.4. The smallest absolute Gasteiger partial charge is 0.176 e. The maximum atomic E-state index is 6.12. The molecule has 2 aromatic carbocycles. The predicted octanol–water partition coefficient (Wildman–Crippen LogP) is 6.01. The fourth-order valence-corrected chi connectivity index (χ4v) is 3.06. The van der Waals surface area contributed by atoms with E-state index in [1.807, 2.05) is 49.5 Å². The van der Waals surface area contributed by atoms with Crippen LogP contribution in [-0.4, -0.2) is 14.9 Å². The molecule has 0 fully saturated rings. The second-order valence-electron chi connectivity index (χ2n) is 5.64. The van der Waals surface area contributed by atoms with Gasteiger partial charge in [0.1, 0.15) is 0 Å². The summed E-state index contributed by atoms with van der Waals surface area (Å²) in [5, 5.41) is 12.8. The van der Waals surface area contributed by atoms with Crippen molar-refractivity contribution in [1.29, 1.82) is 0 Å². The lowest BCUT2D eigenvalue weighted by atomic mass is 10.2. The van der Waals surface area contributed by atoms with E-state index in [4.69, 9.17) is 47.0 Å². The van der Waals surface area contributed by atoms with Crippen LogP contribution in [0, 0.1) is 6.92 Å². The van der Waals surface area contributed by atoms with Crippen LogP contribution in [0.25, 0.3) is 0 Å². The average molecular weight is 426 g/mol. The van der Waals surface area contributed by atoms with Crippen LogP contribution >= 0.6 is 47.0 Å². The van der Waals surface area contributed by atoms with Crippen LogP contribution in [0.1, 0.15) is 11.1 Å².